The molecule has 0 amide bonds. The first-order valence-electron chi connectivity index (χ1n) is 0.683. The Bertz CT molecular complexity index is 98.1. The van der Waals surface area contributed by atoms with Crippen molar-refractivity contribution in [2.45, 2.75) is 0 Å². The van der Waals surface area contributed by atoms with Gasteiger partial charge in [0, 0.05) is 16.5 Å². The van der Waals surface area contributed by atoms with Gasteiger partial charge in [-0.25, -0.2) is 8.42 Å². The Balaban J connectivity index is -0.00000000286. The SMILES string of the molecule is O.O.O.O.O.O.O=S(=O)([O-])O.[NH4+].[Ni]. The van der Waals surface area contributed by atoms with Gasteiger partial charge in [-0.05, 0) is 0 Å². The van der Waals surface area contributed by atoms with Crippen LogP contribution in [0.5, 0.6) is 0 Å². The summed E-state index contributed by atoms with van der Waals surface area (Å²) in [6.45, 7) is 0. The fourth-order valence-corrected chi connectivity index (χ4v) is 0. The summed E-state index contributed by atoms with van der Waals surface area (Å²) < 4.78 is 32.8. The topological polar surface area (TPSA) is 303 Å². The maximum absolute atomic E-state index is 8.63. The van der Waals surface area contributed by atoms with Crippen LogP contribution in [0, 0.1) is 0 Å². The molecule has 0 aromatic heterocycles. The van der Waals surface area contributed by atoms with Crippen molar-refractivity contribution in [3.05, 3.63) is 0 Å². The first-order chi connectivity index (χ1) is 2.00. The van der Waals surface area contributed by atoms with Crippen LogP contribution in [-0.4, -0.2) is 50.4 Å². The molecule has 0 heterocycles. The van der Waals surface area contributed by atoms with Gasteiger partial charge in [-0.1, -0.05) is 0 Å². The van der Waals surface area contributed by atoms with Crippen molar-refractivity contribution in [1.82, 2.24) is 6.15 Å². The van der Waals surface area contributed by atoms with Crippen LogP contribution in [0.3, 0.4) is 0 Å². The molecule has 0 atom stereocenters. The molecule has 0 aromatic rings. The molecule has 13 heteroatoms. The van der Waals surface area contributed by atoms with Gasteiger partial charge in [0.1, 0.15) is 0 Å². The minimum atomic E-state index is -4.92. The monoisotopic (exact) mass is 281 g/mol. The van der Waals surface area contributed by atoms with Gasteiger partial charge in [-0.2, -0.15) is 0 Å². The summed E-state index contributed by atoms with van der Waals surface area (Å²) in [5.74, 6) is 0. The largest absolute Gasteiger partial charge is 0.726 e. The molecule has 0 radical (unpaired) electrons. The zero-order valence-corrected chi connectivity index (χ0v) is 8.20. The molecule has 11 nitrogen and oxygen atoms in total. The summed E-state index contributed by atoms with van der Waals surface area (Å²) in [6, 6.07) is 0. The molecule has 13 heavy (non-hydrogen) atoms. The van der Waals surface area contributed by atoms with Crippen molar-refractivity contribution in [2.75, 3.05) is 0 Å². The molecule has 0 unspecified atom stereocenters. The molecule has 0 aromatic carbocycles. The van der Waals surface area contributed by atoms with Crippen LogP contribution in [0.4, 0.5) is 0 Å². The van der Waals surface area contributed by atoms with Crippen molar-refractivity contribution in [3.8, 4) is 0 Å². The molecule has 17 N–H and O–H groups in total. The van der Waals surface area contributed by atoms with E-state index in [0.29, 0.717) is 0 Å². The predicted octanol–water partition coefficient (Wildman–Crippen LogP) is -5.57. The maximum atomic E-state index is 8.63. The van der Waals surface area contributed by atoms with Crippen LogP contribution in [0.2, 0.25) is 0 Å². The van der Waals surface area contributed by atoms with Crippen molar-refractivity contribution >= 4 is 10.4 Å². The molecular weight excluding hydrogens is 265 g/mol. The molecule has 0 aliphatic carbocycles. The van der Waals surface area contributed by atoms with Gasteiger partial charge in [0.25, 0.3) is 0 Å². The number of hydrogen-bond donors (Lipinski definition) is 2. The number of quaternary nitrogens is 1. The van der Waals surface area contributed by atoms with Crippen LogP contribution < -0.4 is 6.15 Å². The zero-order chi connectivity index (χ0) is 4.50. The van der Waals surface area contributed by atoms with E-state index in [1.54, 1.807) is 0 Å². The van der Waals surface area contributed by atoms with Crippen LogP contribution in [-0.2, 0) is 26.9 Å². The first kappa shape index (κ1) is 115. The van der Waals surface area contributed by atoms with Crippen LogP contribution in [0.1, 0.15) is 0 Å². The Morgan fingerprint density at radius 1 is 0.846 bits per heavy atom. The molecule has 0 spiro atoms. The van der Waals surface area contributed by atoms with E-state index < -0.39 is 10.4 Å². The smallest absolute Gasteiger partial charge is 0.215 e. The predicted molar refractivity (Wildman–Crippen MR) is 40.0 cm³/mol. The van der Waals surface area contributed by atoms with E-state index in [1.807, 2.05) is 0 Å². The fraction of sp³-hybridized carbons (Fsp3) is 0. The molecule has 0 aliphatic rings. The van der Waals surface area contributed by atoms with Gasteiger partial charge in [-0.15, -0.1) is 0 Å². The zero-order valence-electron chi connectivity index (χ0n) is 6.40. The second-order valence-corrected chi connectivity index (χ2v) is 1.28. The maximum Gasteiger partial charge on any atom is 0.215 e. The third kappa shape index (κ3) is 176000. The van der Waals surface area contributed by atoms with Gasteiger partial charge < -0.3 is 43.6 Å². The third-order valence-electron chi connectivity index (χ3n) is 0. The Hall–Kier alpha value is 0.0835. The van der Waals surface area contributed by atoms with E-state index >= 15 is 0 Å². The molecule has 0 rings (SSSR count). The first-order valence-corrected chi connectivity index (χ1v) is 2.05. The quantitative estimate of drug-likeness (QED) is 0.249. The Labute approximate surface area is 84.1 Å². The van der Waals surface area contributed by atoms with Crippen LogP contribution in [0.15, 0.2) is 0 Å². The summed E-state index contributed by atoms with van der Waals surface area (Å²) in [6.07, 6.45) is 0. The molecule has 0 aliphatic heterocycles. The number of hydrogen-bond acceptors (Lipinski definition) is 3. The molecule has 98 valence electrons. The Morgan fingerprint density at radius 3 is 0.846 bits per heavy atom. The Morgan fingerprint density at radius 2 is 0.846 bits per heavy atom. The van der Waals surface area contributed by atoms with Gasteiger partial charge in [0.15, 0.2) is 0 Å². The number of rotatable bonds is 0. The summed E-state index contributed by atoms with van der Waals surface area (Å²) in [7, 11) is -4.92. The molecule has 0 fully saturated rings. The summed E-state index contributed by atoms with van der Waals surface area (Å²) in [4.78, 5) is 0. The second-order valence-electron chi connectivity index (χ2n) is 0.428. The summed E-state index contributed by atoms with van der Waals surface area (Å²) in [5, 5.41) is 0. The van der Waals surface area contributed by atoms with Gasteiger partial charge >= 0.3 is 0 Å². The second kappa shape index (κ2) is 40.1. The minimum Gasteiger partial charge on any atom is -0.726 e. The van der Waals surface area contributed by atoms with E-state index in [-0.39, 0.29) is 55.5 Å². The summed E-state index contributed by atoms with van der Waals surface area (Å²) in [5.41, 5.74) is 0. The van der Waals surface area contributed by atoms with E-state index in [2.05, 4.69) is 0 Å². The standard InChI is InChI=1S/H3N.Ni.H2O4S.6H2O/c;;1-5(2,3)4;;;;;;/h1H3;;(H2,1,2,3,4);6*1H2. The Kier molecular flexibility index (Phi) is 353. The van der Waals surface area contributed by atoms with Gasteiger partial charge in [0.2, 0.25) is 10.4 Å². The minimum absolute atomic E-state index is 0. The fourth-order valence-electron chi connectivity index (χ4n) is 0. The van der Waals surface area contributed by atoms with Crippen molar-refractivity contribution < 1.29 is 66.9 Å². The average Bonchev–Trinajstić information content (AvgIpc) is 0.722. The van der Waals surface area contributed by atoms with Crippen LogP contribution >= 0.6 is 0 Å². The summed E-state index contributed by atoms with van der Waals surface area (Å²) >= 11 is 0. The van der Waals surface area contributed by atoms with Crippen molar-refractivity contribution in [3.63, 3.8) is 0 Å². The van der Waals surface area contributed by atoms with E-state index in [9.17, 15) is 0 Å². The third-order valence-corrected chi connectivity index (χ3v) is 0. The molecule has 0 saturated heterocycles. The average molecular weight is 282 g/mol. The van der Waals surface area contributed by atoms with E-state index in [0.717, 1.165) is 0 Å². The molecule has 0 bridgehead atoms. The van der Waals surface area contributed by atoms with Gasteiger partial charge in [-0.3, -0.25) is 4.55 Å². The van der Waals surface area contributed by atoms with Gasteiger partial charge in [0.05, 0.1) is 0 Å². The molecular formula is H17NNiO10S. The normalized spacial score (nSPS) is 4.46. The van der Waals surface area contributed by atoms with Crippen LogP contribution in [0.25, 0.3) is 0 Å². The molecule has 0 saturated carbocycles. The van der Waals surface area contributed by atoms with Crippen molar-refractivity contribution in [2.24, 2.45) is 0 Å². The van der Waals surface area contributed by atoms with E-state index in [1.165, 1.54) is 0 Å². The van der Waals surface area contributed by atoms with Crippen molar-refractivity contribution in [1.29, 1.82) is 0 Å². The van der Waals surface area contributed by atoms with E-state index in [4.69, 9.17) is 17.5 Å².